The van der Waals surface area contributed by atoms with Gasteiger partial charge >= 0.3 is 0 Å². The van der Waals surface area contributed by atoms with Gasteiger partial charge in [-0.2, -0.15) is 11.3 Å². The van der Waals surface area contributed by atoms with Crippen LogP contribution in [0.25, 0.3) is 0 Å². The Morgan fingerprint density at radius 2 is 2.00 bits per heavy atom. The minimum absolute atomic E-state index is 0.193. The Kier molecular flexibility index (Phi) is 3.08. The molecule has 1 aromatic carbocycles. The molecule has 0 unspecified atom stereocenters. The number of thiophene rings is 1. The first-order valence-corrected chi connectivity index (χ1v) is 8.37. The topological polar surface area (TPSA) is 32.3 Å². The van der Waals surface area contributed by atoms with Crippen LogP contribution in [0, 0.1) is 0 Å². The van der Waals surface area contributed by atoms with Crippen LogP contribution in [0.15, 0.2) is 41.1 Å². The fraction of sp³-hybridized carbons (Fsp3) is 0.353. The Morgan fingerprint density at radius 3 is 2.76 bits per heavy atom. The second kappa shape index (κ2) is 4.97. The zero-order valence-electron chi connectivity index (χ0n) is 11.8. The number of piperidine rings is 1. The van der Waals surface area contributed by atoms with Gasteiger partial charge < -0.3 is 5.32 Å². The molecule has 2 aliphatic rings. The summed E-state index contributed by atoms with van der Waals surface area (Å²) < 4.78 is 0. The van der Waals surface area contributed by atoms with Gasteiger partial charge in [-0.15, -0.1) is 0 Å². The lowest BCUT2D eigenvalue weighted by molar-refractivity contribution is -0.122. The number of para-hydroxylation sites is 1. The number of likely N-dealkylation sites (tertiary alicyclic amines) is 1. The number of nitrogens with zero attached hydrogens (tertiary/aromatic N) is 1. The fourth-order valence-corrected chi connectivity index (χ4v) is 4.26. The molecule has 0 saturated carbocycles. The third-order valence-electron chi connectivity index (χ3n) is 4.82. The van der Waals surface area contributed by atoms with Crippen LogP contribution in [-0.2, 0) is 16.8 Å². The monoisotopic (exact) mass is 298 g/mol. The SMILES string of the molecule is O=C1Nc2ccccc2C12CCN(Cc1ccsc1)CC2. The normalized spacial score (nSPS) is 20.5. The van der Waals surface area contributed by atoms with Crippen molar-refractivity contribution in [2.45, 2.75) is 24.8 Å². The number of anilines is 1. The Hall–Kier alpha value is -1.65. The van der Waals surface area contributed by atoms with Gasteiger partial charge in [-0.1, -0.05) is 18.2 Å². The third-order valence-corrected chi connectivity index (χ3v) is 5.55. The molecule has 1 saturated heterocycles. The first-order chi connectivity index (χ1) is 10.3. The van der Waals surface area contributed by atoms with Crippen LogP contribution in [0.3, 0.4) is 0 Å². The van der Waals surface area contributed by atoms with Gasteiger partial charge in [0.1, 0.15) is 0 Å². The van der Waals surface area contributed by atoms with Gasteiger partial charge in [0.05, 0.1) is 5.41 Å². The smallest absolute Gasteiger partial charge is 0.235 e. The molecule has 4 heteroatoms. The second-order valence-electron chi connectivity index (χ2n) is 5.99. The third kappa shape index (κ3) is 2.10. The summed E-state index contributed by atoms with van der Waals surface area (Å²) in [6, 6.07) is 10.3. The lowest BCUT2D eigenvalue weighted by Crippen LogP contribution is -2.46. The van der Waals surface area contributed by atoms with Gasteiger partial charge in [0.2, 0.25) is 5.91 Å². The van der Waals surface area contributed by atoms with E-state index in [0.29, 0.717) is 0 Å². The number of carbonyl (C=O) groups excluding carboxylic acids is 1. The summed E-state index contributed by atoms with van der Waals surface area (Å²) in [5.41, 5.74) is 3.30. The average molecular weight is 298 g/mol. The molecule has 21 heavy (non-hydrogen) atoms. The van der Waals surface area contributed by atoms with Crippen LogP contribution in [0.5, 0.6) is 0 Å². The van der Waals surface area contributed by atoms with Crippen molar-refractivity contribution in [1.82, 2.24) is 4.90 Å². The Bertz CT molecular complexity index is 657. The lowest BCUT2D eigenvalue weighted by Gasteiger charge is -2.37. The second-order valence-corrected chi connectivity index (χ2v) is 6.77. The van der Waals surface area contributed by atoms with Gasteiger partial charge in [-0.3, -0.25) is 9.69 Å². The van der Waals surface area contributed by atoms with E-state index in [0.717, 1.165) is 38.2 Å². The fourth-order valence-electron chi connectivity index (χ4n) is 3.60. The van der Waals surface area contributed by atoms with Gasteiger partial charge in [0.15, 0.2) is 0 Å². The maximum Gasteiger partial charge on any atom is 0.235 e. The van der Waals surface area contributed by atoms with Crippen molar-refractivity contribution in [2.24, 2.45) is 0 Å². The zero-order chi connectivity index (χ0) is 14.3. The maximum atomic E-state index is 12.5. The van der Waals surface area contributed by atoms with Crippen LogP contribution in [0.1, 0.15) is 24.0 Å². The number of hydrogen-bond donors (Lipinski definition) is 1. The zero-order valence-corrected chi connectivity index (χ0v) is 12.7. The average Bonchev–Trinajstić information content (AvgIpc) is 3.10. The molecule has 2 aromatic rings. The van der Waals surface area contributed by atoms with Crippen molar-refractivity contribution in [2.75, 3.05) is 18.4 Å². The van der Waals surface area contributed by atoms with E-state index in [1.54, 1.807) is 11.3 Å². The molecule has 0 radical (unpaired) electrons. The minimum atomic E-state index is -0.290. The van der Waals surface area contributed by atoms with Crippen molar-refractivity contribution in [3.8, 4) is 0 Å². The van der Waals surface area contributed by atoms with Crippen LogP contribution >= 0.6 is 11.3 Å². The highest BCUT2D eigenvalue weighted by Crippen LogP contribution is 2.44. The molecule has 0 aliphatic carbocycles. The Labute approximate surface area is 128 Å². The number of fused-ring (bicyclic) bond motifs is 2. The van der Waals surface area contributed by atoms with Crippen molar-refractivity contribution in [1.29, 1.82) is 0 Å². The van der Waals surface area contributed by atoms with E-state index in [2.05, 4.69) is 33.1 Å². The molecule has 2 aliphatic heterocycles. The molecular formula is C17H18N2OS. The van der Waals surface area contributed by atoms with Gasteiger partial charge in [0.25, 0.3) is 0 Å². The highest BCUT2D eigenvalue weighted by molar-refractivity contribution is 7.07. The number of rotatable bonds is 2. The number of carbonyl (C=O) groups is 1. The van der Waals surface area contributed by atoms with Crippen LogP contribution in [-0.4, -0.2) is 23.9 Å². The molecule has 108 valence electrons. The van der Waals surface area contributed by atoms with Crippen molar-refractivity contribution in [3.05, 3.63) is 52.2 Å². The highest BCUT2D eigenvalue weighted by atomic mass is 32.1. The van der Waals surface area contributed by atoms with E-state index in [1.165, 1.54) is 11.1 Å². The van der Waals surface area contributed by atoms with E-state index >= 15 is 0 Å². The first kappa shape index (κ1) is 13.0. The van der Waals surface area contributed by atoms with E-state index in [4.69, 9.17) is 0 Å². The summed E-state index contributed by atoms with van der Waals surface area (Å²) in [5.74, 6) is 0.193. The molecule has 4 rings (SSSR count). The van der Waals surface area contributed by atoms with Crippen molar-refractivity contribution in [3.63, 3.8) is 0 Å². The van der Waals surface area contributed by atoms with Crippen molar-refractivity contribution < 1.29 is 4.79 Å². The number of amides is 1. The molecule has 3 nitrogen and oxygen atoms in total. The largest absolute Gasteiger partial charge is 0.325 e. The maximum absolute atomic E-state index is 12.5. The molecule has 0 bridgehead atoms. The van der Waals surface area contributed by atoms with E-state index in [-0.39, 0.29) is 11.3 Å². The predicted octanol–water partition coefficient (Wildman–Crippen LogP) is 3.23. The molecule has 3 heterocycles. The summed E-state index contributed by atoms with van der Waals surface area (Å²) in [5, 5.41) is 7.40. The molecule has 1 aromatic heterocycles. The lowest BCUT2D eigenvalue weighted by atomic mass is 9.73. The standard InChI is InChI=1S/C17H18N2OS/c20-16-17(14-3-1-2-4-15(14)18-16)6-8-19(9-7-17)11-13-5-10-21-12-13/h1-5,10,12H,6-9,11H2,(H,18,20). The summed E-state index contributed by atoms with van der Waals surface area (Å²) >= 11 is 1.75. The summed E-state index contributed by atoms with van der Waals surface area (Å²) in [4.78, 5) is 15.0. The first-order valence-electron chi connectivity index (χ1n) is 7.42. The van der Waals surface area contributed by atoms with E-state index < -0.39 is 0 Å². The number of hydrogen-bond acceptors (Lipinski definition) is 3. The predicted molar refractivity (Wildman–Crippen MR) is 85.6 cm³/mol. The molecule has 0 atom stereocenters. The van der Waals surface area contributed by atoms with Crippen molar-refractivity contribution >= 4 is 22.9 Å². The molecule has 1 spiro atoms. The summed E-state index contributed by atoms with van der Waals surface area (Å²) in [6.07, 6.45) is 1.83. The Balaban J connectivity index is 1.53. The molecule has 1 fully saturated rings. The quantitative estimate of drug-likeness (QED) is 0.923. The van der Waals surface area contributed by atoms with Gasteiger partial charge in [-0.25, -0.2) is 0 Å². The van der Waals surface area contributed by atoms with Crippen LogP contribution in [0.4, 0.5) is 5.69 Å². The summed E-state index contributed by atoms with van der Waals surface area (Å²) in [7, 11) is 0. The molecule has 1 amide bonds. The molecule has 1 N–H and O–H groups in total. The number of benzene rings is 1. The van der Waals surface area contributed by atoms with E-state index in [9.17, 15) is 4.79 Å². The van der Waals surface area contributed by atoms with Gasteiger partial charge in [0, 0.05) is 12.2 Å². The minimum Gasteiger partial charge on any atom is -0.325 e. The molecular weight excluding hydrogens is 280 g/mol. The summed E-state index contributed by atoms with van der Waals surface area (Å²) in [6.45, 7) is 2.97. The Morgan fingerprint density at radius 1 is 1.19 bits per heavy atom. The van der Waals surface area contributed by atoms with Crippen LogP contribution in [0.2, 0.25) is 0 Å². The number of nitrogens with one attached hydrogen (secondary N) is 1. The van der Waals surface area contributed by atoms with E-state index in [1.807, 2.05) is 18.2 Å². The highest BCUT2D eigenvalue weighted by Gasteiger charge is 2.48. The van der Waals surface area contributed by atoms with Gasteiger partial charge in [-0.05, 0) is 60.0 Å². The van der Waals surface area contributed by atoms with Crippen LogP contribution < -0.4 is 5.32 Å².